The highest BCUT2D eigenvalue weighted by molar-refractivity contribution is 5.35. The molecule has 5 heteroatoms. The van der Waals surface area contributed by atoms with Crippen LogP contribution >= 0.6 is 0 Å². The van der Waals surface area contributed by atoms with Gasteiger partial charge < -0.3 is 10.1 Å². The average molecular weight is 259 g/mol. The molecule has 0 bridgehead atoms. The first-order chi connectivity index (χ1) is 8.45. The van der Waals surface area contributed by atoms with Gasteiger partial charge in [-0.05, 0) is 50.1 Å². The van der Waals surface area contributed by atoms with Gasteiger partial charge in [-0.1, -0.05) is 0 Å². The van der Waals surface area contributed by atoms with Crippen LogP contribution in [0.1, 0.15) is 24.0 Å². The lowest BCUT2D eigenvalue weighted by molar-refractivity contribution is -0.137. The number of benzene rings is 1. The van der Waals surface area contributed by atoms with Gasteiger partial charge in [0.15, 0.2) is 0 Å². The second kappa shape index (κ2) is 5.18. The van der Waals surface area contributed by atoms with Gasteiger partial charge in [-0.15, -0.1) is 0 Å². The van der Waals surface area contributed by atoms with Crippen LogP contribution in [0.4, 0.5) is 13.2 Å². The lowest BCUT2D eigenvalue weighted by Gasteiger charge is -2.14. The molecule has 1 fully saturated rings. The van der Waals surface area contributed by atoms with Gasteiger partial charge >= 0.3 is 6.18 Å². The molecule has 1 N–H and O–H groups in total. The van der Waals surface area contributed by atoms with Crippen molar-refractivity contribution in [2.24, 2.45) is 0 Å². The van der Waals surface area contributed by atoms with Gasteiger partial charge in [0.1, 0.15) is 12.4 Å². The second-order valence-corrected chi connectivity index (χ2v) is 4.64. The van der Waals surface area contributed by atoms with Crippen LogP contribution in [0.2, 0.25) is 0 Å². The van der Waals surface area contributed by atoms with E-state index in [9.17, 15) is 13.2 Å². The molecule has 1 heterocycles. The first-order valence-corrected chi connectivity index (χ1v) is 6.00. The predicted octanol–water partition coefficient (Wildman–Crippen LogP) is 3.14. The standard InChI is InChI=1S/C13H16F3NO/c1-9-5-10(13(14,15)16)7-12(6-9)18-8-11-3-2-4-17-11/h5-7,11,17H,2-4,8H2,1H3. The maximum absolute atomic E-state index is 12.6. The Morgan fingerprint density at radius 2 is 2.11 bits per heavy atom. The fourth-order valence-electron chi connectivity index (χ4n) is 2.09. The Labute approximate surface area is 104 Å². The van der Waals surface area contributed by atoms with Crippen molar-refractivity contribution in [3.63, 3.8) is 0 Å². The zero-order valence-electron chi connectivity index (χ0n) is 10.2. The Hall–Kier alpha value is -1.23. The summed E-state index contributed by atoms with van der Waals surface area (Å²) in [5.74, 6) is 0.288. The Morgan fingerprint density at radius 3 is 2.72 bits per heavy atom. The molecule has 0 saturated carbocycles. The van der Waals surface area contributed by atoms with Crippen LogP contribution in [0.25, 0.3) is 0 Å². The molecule has 0 aliphatic carbocycles. The van der Waals surface area contributed by atoms with Gasteiger partial charge in [0.25, 0.3) is 0 Å². The van der Waals surface area contributed by atoms with Gasteiger partial charge in [-0.2, -0.15) is 13.2 Å². The maximum atomic E-state index is 12.6. The van der Waals surface area contributed by atoms with Crippen LogP contribution in [0.5, 0.6) is 5.75 Å². The summed E-state index contributed by atoms with van der Waals surface area (Å²) in [6.07, 6.45) is -2.22. The van der Waals surface area contributed by atoms with E-state index in [0.717, 1.165) is 31.5 Å². The zero-order valence-corrected chi connectivity index (χ0v) is 10.2. The Bertz CT molecular complexity index is 411. The summed E-state index contributed by atoms with van der Waals surface area (Å²) < 4.78 is 43.3. The first-order valence-electron chi connectivity index (χ1n) is 6.00. The highest BCUT2D eigenvalue weighted by Crippen LogP contribution is 2.32. The third kappa shape index (κ3) is 3.38. The van der Waals surface area contributed by atoms with E-state index in [0.29, 0.717) is 12.2 Å². The predicted molar refractivity (Wildman–Crippen MR) is 62.7 cm³/mol. The van der Waals surface area contributed by atoms with E-state index in [4.69, 9.17) is 4.74 Å². The lowest BCUT2D eigenvalue weighted by atomic mass is 10.1. The molecule has 0 spiro atoms. The molecule has 0 amide bonds. The Balaban J connectivity index is 2.05. The van der Waals surface area contributed by atoms with Gasteiger partial charge in [-0.3, -0.25) is 0 Å². The van der Waals surface area contributed by atoms with Crippen LogP contribution in [-0.4, -0.2) is 19.2 Å². The summed E-state index contributed by atoms with van der Waals surface area (Å²) in [6, 6.07) is 4.06. The van der Waals surface area contributed by atoms with E-state index in [1.807, 2.05) is 0 Å². The minimum atomic E-state index is -4.32. The molecule has 0 aromatic heterocycles. The molecular formula is C13H16F3NO. The molecule has 0 radical (unpaired) electrons. The normalized spacial score (nSPS) is 20.1. The number of hydrogen-bond acceptors (Lipinski definition) is 2. The minimum Gasteiger partial charge on any atom is -0.492 e. The number of rotatable bonds is 3. The smallest absolute Gasteiger partial charge is 0.416 e. The summed E-state index contributed by atoms with van der Waals surface area (Å²) in [7, 11) is 0. The van der Waals surface area contributed by atoms with Crippen molar-refractivity contribution >= 4 is 0 Å². The van der Waals surface area contributed by atoms with E-state index in [2.05, 4.69) is 5.32 Å². The third-order valence-corrected chi connectivity index (χ3v) is 2.99. The third-order valence-electron chi connectivity index (χ3n) is 2.99. The van der Waals surface area contributed by atoms with Crippen molar-refractivity contribution in [1.82, 2.24) is 5.32 Å². The highest BCUT2D eigenvalue weighted by atomic mass is 19.4. The highest BCUT2D eigenvalue weighted by Gasteiger charge is 2.31. The monoisotopic (exact) mass is 259 g/mol. The summed E-state index contributed by atoms with van der Waals surface area (Å²) in [4.78, 5) is 0. The topological polar surface area (TPSA) is 21.3 Å². The van der Waals surface area contributed by atoms with E-state index in [1.54, 1.807) is 13.0 Å². The van der Waals surface area contributed by atoms with Crippen molar-refractivity contribution in [2.45, 2.75) is 32.0 Å². The number of aryl methyl sites for hydroxylation is 1. The molecule has 2 rings (SSSR count). The number of alkyl halides is 3. The van der Waals surface area contributed by atoms with Crippen molar-refractivity contribution in [2.75, 3.05) is 13.2 Å². The van der Waals surface area contributed by atoms with E-state index in [1.165, 1.54) is 0 Å². The Morgan fingerprint density at radius 1 is 1.33 bits per heavy atom. The fourth-order valence-corrected chi connectivity index (χ4v) is 2.09. The fraction of sp³-hybridized carbons (Fsp3) is 0.538. The Kier molecular flexibility index (Phi) is 3.80. The zero-order chi connectivity index (χ0) is 13.2. The summed E-state index contributed by atoms with van der Waals surface area (Å²) in [5.41, 5.74) is -0.101. The van der Waals surface area contributed by atoms with Gasteiger partial charge in [0.2, 0.25) is 0 Å². The van der Waals surface area contributed by atoms with Crippen molar-refractivity contribution < 1.29 is 17.9 Å². The lowest BCUT2D eigenvalue weighted by Crippen LogP contribution is -2.28. The number of halogens is 3. The summed E-state index contributed by atoms with van der Waals surface area (Å²) in [5, 5.41) is 3.24. The van der Waals surface area contributed by atoms with E-state index < -0.39 is 11.7 Å². The van der Waals surface area contributed by atoms with Crippen molar-refractivity contribution in [3.05, 3.63) is 29.3 Å². The number of hydrogen-bond donors (Lipinski definition) is 1. The van der Waals surface area contributed by atoms with Crippen LogP contribution in [-0.2, 0) is 6.18 Å². The molecule has 2 nitrogen and oxygen atoms in total. The summed E-state index contributed by atoms with van der Waals surface area (Å²) in [6.45, 7) is 3.01. The van der Waals surface area contributed by atoms with Gasteiger partial charge in [-0.25, -0.2) is 0 Å². The SMILES string of the molecule is Cc1cc(OCC2CCCN2)cc(C(F)(F)F)c1. The van der Waals surface area contributed by atoms with Crippen LogP contribution < -0.4 is 10.1 Å². The van der Waals surface area contributed by atoms with Crippen LogP contribution in [0.3, 0.4) is 0 Å². The molecule has 1 aromatic carbocycles. The molecular weight excluding hydrogens is 243 g/mol. The van der Waals surface area contributed by atoms with E-state index >= 15 is 0 Å². The molecule has 1 unspecified atom stereocenters. The van der Waals surface area contributed by atoms with Crippen molar-refractivity contribution in [3.8, 4) is 5.75 Å². The van der Waals surface area contributed by atoms with Crippen LogP contribution in [0, 0.1) is 6.92 Å². The van der Waals surface area contributed by atoms with E-state index in [-0.39, 0.29) is 11.8 Å². The second-order valence-electron chi connectivity index (χ2n) is 4.64. The first kappa shape index (κ1) is 13.2. The van der Waals surface area contributed by atoms with Gasteiger partial charge in [0.05, 0.1) is 5.56 Å². The number of ether oxygens (including phenoxy) is 1. The molecule has 1 aliphatic heterocycles. The molecule has 1 aromatic rings. The summed E-state index contributed by atoms with van der Waals surface area (Å²) >= 11 is 0. The molecule has 1 atom stereocenters. The number of nitrogens with one attached hydrogen (secondary N) is 1. The quantitative estimate of drug-likeness (QED) is 0.900. The van der Waals surface area contributed by atoms with Crippen LogP contribution in [0.15, 0.2) is 18.2 Å². The van der Waals surface area contributed by atoms with Crippen molar-refractivity contribution in [1.29, 1.82) is 0 Å². The molecule has 100 valence electrons. The average Bonchev–Trinajstić information content (AvgIpc) is 2.77. The molecule has 18 heavy (non-hydrogen) atoms. The maximum Gasteiger partial charge on any atom is 0.416 e. The molecule has 1 saturated heterocycles. The molecule has 1 aliphatic rings. The van der Waals surface area contributed by atoms with Gasteiger partial charge in [0, 0.05) is 6.04 Å². The minimum absolute atomic E-state index is 0.250. The largest absolute Gasteiger partial charge is 0.492 e.